The van der Waals surface area contributed by atoms with Crippen molar-refractivity contribution in [3.63, 3.8) is 0 Å². The predicted octanol–water partition coefficient (Wildman–Crippen LogP) is 4.20. The van der Waals surface area contributed by atoms with Gasteiger partial charge in [-0.05, 0) is 28.5 Å². The number of hydrogen-bond acceptors (Lipinski definition) is 2. The van der Waals surface area contributed by atoms with Gasteiger partial charge < -0.3 is 4.74 Å². The van der Waals surface area contributed by atoms with Crippen molar-refractivity contribution in [3.05, 3.63) is 83.9 Å². The van der Waals surface area contributed by atoms with Crippen molar-refractivity contribution >= 4 is 16.7 Å². The van der Waals surface area contributed by atoms with E-state index in [1.165, 1.54) is 0 Å². The Bertz CT molecular complexity index is 727. The van der Waals surface area contributed by atoms with Crippen molar-refractivity contribution in [2.24, 2.45) is 0 Å². The number of benzene rings is 3. The lowest BCUT2D eigenvalue weighted by atomic mass is 10.1. The summed E-state index contributed by atoms with van der Waals surface area (Å²) in [6, 6.07) is 23.2. The number of ether oxygens (including phenoxy) is 1. The zero-order chi connectivity index (χ0) is 13.8. The minimum absolute atomic E-state index is 0.287. The third kappa shape index (κ3) is 2.54. The second kappa shape index (κ2) is 5.57. The van der Waals surface area contributed by atoms with Gasteiger partial charge in [-0.2, -0.15) is 0 Å². The van der Waals surface area contributed by atoms with Crippen molar-refractivity contribution in [2.75, 3.05) is 0 Å². The van der Waals surface area contributed by atoms with Crippen LogP contribution in [0.5, 0.6) is 0 Å². The number of fused-ring (bicyclic) bond motifs is 1. The van der Waals surface area contributed by atoms with E-state index < -0.39 is 0 Å². The van der Waals surface area contributed by atoms with Crippen LogP contribution in [0.4, 0.5) is 0 Å². The summed E-state index contributed by atoms with van der Waals surface area (Å²) in [5, 5.41) is 2.27. The summed E-state index contributed by atoms with van der Waals surface area (Å²) in [6.45, 7) is 0.287. The van der Waals surface area contributed by atoms with Crippen LogP contribution in [0.3, 0.4) is 0 Å². The molecule has 20 heavy (non-hydrogen) atoms. The first-order chi connectivity index (χ1) is 9.84. The lowest BCUT2D eigenvalue weighted by Gasteiger charge is -2.08. The van der Waals surface area contributed by atoms with Gasteiger partial charge in [-0.3, -0.25) is 0 Å². The van der Waals surface area contributed by atoms with Crippen LogP contribution >= 0.6 is 0 Å². The maximum absolute atomic E-state index is 11.9. The Balaban J connectivity index is 1.79. The van der Waals surface area contributed by atoms with Crippen LogP contribution in [-0.4, -0.2) is 5.97 Å². The fourth-order valence-corrected chi connectivity index (χ4v) is 2.22. The molecule has 0 saturated carbocycles. The number of rotatable bonds is 3. The number of esters is 1. The highest BCUT2D eigenvalue weighted by molar-refractivity contribution is 5.90. The van der Waals surface area contributed by atoms with Crippen molar-refractivity contribution < 1.29 is 9.53 Å². The van der Waals surface area contributed by atoms with E-state index >= 15 is 0 Å². The van der Waals surface area contributed by atoms with E-state index in [1.807, 2.05) is 48.5 Å². The molecule has 0 amide bonds. The Morgan fingerprint density at radius 3 is 2.35 bits per heavy atom. The molecule has 0 heterocycles. The lowest BCUT2D eigenvalue weighted by Crippen LogP contribution is -2.05. The molecule has 3 rings (SSSR count). The summed E-state index contributed by atoms with van der Waals surface area (Å²) in [6.07, 6.45) is 0. The second-order valence-corrected chi connectivity index (χ2v) is 4.58. The van der Waals surface area contributed by atoms with Gasteiger partial charge in [0, 0.05) is 0 Å². The summed E-state index contributed by atoms with van der Waals surface area (Å²) in [5.74, 6) is -0.293. The van der Waals surface area contributed by atoms with E-state index in [1.54, 1.807) is 12.1 Å². The van der Waals surface area contributed by atoms with Gasteiger partial charge in [-0.25, -0.2) is 4.79 Å². The Labute approximate surface area is 117 Å². The van der Waals surface area contributed by atoms with Gasteiger partial charge >= 0.3 is 5.97 Å². The number of hydrogen-bond donors (Lipinski definition) is 0. The van der Waals surface area contributed by atoms with Crippen molar-refractivity contribution in [1.82, 2.24) is 0 Å². The number of carbonyl (C=O) groups excluding carboxylic acids is 1. The van der Waals surface area contributed by atoms with E-state index in [4.69, 9.17) is 4.74 Å². The lowest BCUT2D eigenvalue weighted by molar-refractivity contribution is 0.0474. The first kappa shape index (κ1) is 12.4. The van der Waals surface area contributed by atoms with E-state index in [2.05, 4.69) is 12.1 Å². The average Bonchev–Trinajstić information content (AvgIpc) is 2.53. The Kier molecular flexibility index (Phi) is 3.46. The molecule has 0 aromatic heterocycles. The molecular formula is C18H14O2. The fraction of sp³-hybridized carbons (Fsp3) is 0.0556. The van der Waals surface area contributed by atoms with Gasteiger partial charge in [0.25, 0.3) is 0 Å². The minimum atomic E-state index is -0.293. The predicted molar refractivity (Wildman–Crippen MR) is 79.5 cm³/mol. The largest absolute Gasteiger partial charge is 0.457 e. The molecule has 0 spiro atoms. The van der Waals surface area contributed by atoms with Gasteiger partial charge in [-0.1, -0.05) is 60.7 Å². The summed E-state index contributed by atoms with van der Waals surface area (Å²) in [5.41, 5.74) is 1.60. The highest BCUT2D eigenvalue weighted by Crippen LogP contribution is 2.19. The normalized spacial score (nSPS) is 10.4. The van der Waals surface area contributed by atoms with Gasteiger partial charge in [-0.15, -0.1) is 0 Å². The average molecular weight is 262 g/mol. The summed E-state index contributed by atoms with van der Waals surface area (Å²) in [4.78, 5) is 11.9. The molecule has 3 aromatic rings. The van der Waals surface area contributed by atoms with Gasteiger partial charge in [0.05, 0.1) is 5.56 Å². The first-order valence-corrected chi connectivity index (χ1v) is 6.53. The summed E-state index contributed by atoms with van der Waals surface area (Å²) in [7, 11) is 0. The van der Waals surface area contributed by atoms with Crippen LogP contribution in [0, 0.1) is 0 Å². The van der Waals surface area contributed by atoms with E-state index in [0.29, 0.717) is 5.56 Å². The summed E-state index contributed by atoms with van der Waals surface area (Å²) >= 11 is 0. The molecule has 0 saturated heterocycles. The molecule has 0 aliphatic heterocycles. The highest BCUT2D eigenvalue weighted by atomic mass is 16.5. The van der Waals surface area contributed by atoms with Crippen molar-refractivity contribution in [1.29, 1.82) is 0 Å². The molecule has 0 aliphatic carbocycles. The molecule has 2 nitrogen and oxygen atoms in total. The van der Waals surface area contributed by atoms with Gasteiger partial charge in [0.2, 0.25) is 0 Å². The SMILES string of the molecule is O=C(OCc1cccc2ccccc12)c1ccccc1. The van der Waals surface area contributed by atoms with E-state index in [9.17, 15) is 4.79 Å². The monoisotopic (exact) mass is 262 g/mol. The Morgan fingerprint density at radius 1 is 0.800 bits per heavy atom. The molecule has 2 heteroatoms. The third-order valence-electron chi connectivity index (χ3n) is 3.25. The molecule has 98 valence electrons. The van der Waals surface area contributed by atoms with Crippen LogP contribution in [0.2, 0.25) is 0 Å². The van der Waals surface area contributed by atoms with Crippen molar-refractivity contribution in [2.45, 2.75) is 6.61 Å². The maximum Gasteiger partial charge on any atom is 0.338 e. The zero-order valence-corrected chi connectivity index (χ0v) is 11.0. The molecule has 0 atom stereocenters. The quantitative estimate of drug-likeness (QED) is 0.661. The van der Waals surface area contributed by atoms with Crippen LogP contribution in [-0.2, 0) is 11.3 Å². The smallest absolute Gasteiger partial charge is 0.338 e. The van der Waals surface area contributed by atoms with Crippen LogP contribution < -0.4 is 0 Å². The van der Waals surface area contributed by atoms with Gasteiger partial charge in [0.15, 0.2) is 0 Å². The molecule has 0 unspecified atom stereocenters. The van der Waals surface area contributed by atoms with E-state index in [-0.39, 0.29) is 12.6 Å². The highest BCUT2D eigenvalue weighted by Gasteiger charge is 2.07. The number of carbonyl (C=O) groups is 1. The van der Waals surface area contributed by atoms with Crippen LogP contribution in [0.1, 0.15) is 15.9 Å². The fourth-order valence-electron chi connectivity index (χ4n) is 2.22. The van der Waals surface area contributed by atoms with Gasteiger partial charge in [0.1, 0.15) is 6.61 Å². The maximum atomic E-state index is 11.9. The standard InChI is InChI=1S/C18H14O2/c19-18(15-8-2-1-3-9-15)20-13-16-11-6-10-14-7-4-5-12-17(14)16/h1-12H,13H2. The van der Waals surface area contributed by atoms with Crippen molar-refractivity contribution in [3.8, 4) is 0 Å². The molecule has 0 radical (unpaired) electrons. The molecule has 3 aromatic carbocycles. The van der Waals surface area contributed by atoms with E-state index in [0.717, 1.165) is 16.3 Å². The molecule has 0 fully saturated rings. The first-order valence-electron chi connectivity index (χ1n) is 6.53. The van der Waals surface area contributed by atoms with Crippen LogP contribution in [0.15, 0.2) is 72.8 Å². The molecular weight excluding hydrogens is 248 g/mol. The minimum Gasteiger partial charge on any atom is -0.457 e. The topological polar surface area (TPSA) is 26.3 Å². The molecule has 0 bridgehead atoms. The third-order valence-corrected chi connectivity index (χ3v) is 3.25. The Hall–Kier alpha value is -2.61. The molecule has 0 N–H and O–H groups in total. The Morgan fingerprint density at radius 2 is 1.50 bits per heavy atom. The van der Waals surface area contributed by atoms with Crippen LogP contribution in [0.25, 0.3) is 10.8 Å². The summed E-state index contributed by atoms with van der Waals surface area (Å²) < 4.78 is 5.38. The zero-order valence-electron chi connectivity index (χ0n) is 11.0. The molecule has 0 aliphatic rings. The second-order valence-electron chi connectivity index (χ2n) is 4.58.